The molecule has 1 unspecified atom stereocenters. The molecule has 0 fully saturated rings. The first-order valence-electron chi connectivity index (χ1n) is 11.9. The van der Waals surface area contributed by atoms with Crippen molar-refractivity contribution >= 4 is 54.9 Å². The maximum absolute atomic E-state index is 13.2. The van der Waals surface area contributed by atoms with Crippen molar-refractivity contribution in [2.24, 2.45) is 0 Å². The third kappa shape index (κ3) is 10.4. The SMILES string of the molecule is CCCS(=O)(=O)OCOc1ccc(C(=O)CC(=N)C(COS(=O)(=O)CCC)c2ccc(Cl)c(Cl)c2)c(OC)c1. The summed E-state index contributed by atoms with van der Waals surface area (Å²) < 4.78 is 68.2. The summed E-state index contributed by atoms with van der Waals surface area (Å²) in [7, 11) is -6.19. The van der Waals surface area contributed by atoms with Gasteiger partial charge in [0.1, 0.15) is 11.5 Å². The Labute approximate surface area is 239 Å². The summed E-state index contributed by atoms with van der Waals surface area (Å²) in [5.41, 5.74) is 0.492. The zero-order valence-corrected chi connectivity index (χ0v) is 24.9. The van der Waals surface area contributed by atoms with Crippen molar-refractivity contribution in [2.75, 3.05) is 32.0 Å². The Balaban J connectivity index is 2.21. The molecule has 0 aliphatic carbocycles. The van der Waals surface area contributed by atoms with Crippen molar-refractivity contribution in [1.82, 2.24) is 0 Å². The molecule has 0 aliphatic heterocycles. The molecule has 14 heteroatoms. The molecule has 2 aromatic carbocycles. The minimum atomic E-state index is -3.83. The predicted octanol–water partition coefficient (Wildman–Crippen LogP) is 5.23. The van der Waals surface area contributed by atoms with E-state index in [2.05, 4.69) is 0 Å². The van der Waals surface area contributed by atoms with Gasteiger partial charge in [0.15, 0.2) is 5.78 Å². The van der Waals surface area contributed by atoms with Crippen LogP contribution in [0.2, 0.25) is 10.0 Å². The fourth-order valence-corrected chi connectivity index (χ4v) is 5.55. The van der Waals surface area contributed by atoms with Gasteiger partial charge in [0, 0.05) is 24.1 Å². The molecule has 0 spiro atoms. The third-order valence-corrected chi connectivity index (χ3v) is 8.87. The zero-order chi connectivity index (χ0) is 29.2. The first kappa shape index (κ1) is 33.0. The largest absolute Gasteiger partial charge is 0.496 e. The Morgan fingerprint density at radius 2 is 1.56 bits per heavy atom. The molecule has 0 saturated carbocycles. The van der Waals surface area contributed by atoms with E-state index in [1.807, 2.05) is 0 Å². The van der Waals surface area contributed by atoms with Crippen LogP contribution in [-0.4, -0.2) is 60.3 Å². The van der Waals surface area contributed by atoms with Gasteiger partial charge in [-0.2, -0.15) is 16.8 Å². The normalized spacial score (nSPS) is 12.6. The smallest absolute Gasteiger partial charge is 0.270 e. The van der Waals surface area contributed by atoms with Crippen molar-refractivity contribution in [3.05, 3.63) is 57.6 Å². The lowest BCUT2D eigenvalue weighted by molar-refractivity contribution is 0.0996. The number of carbonyl (C=O) groups is 1. The van der Waals surface area contributed by atoms with Crippen LogP contribution < -0.4 is 9.47 Å². The van der Waals surface area contributed by atoms with E-state index < -0.39 is 45.3 Å². The van der Waals surface area contributed by atoms with Crippen molar-refractivity contribution in [3.63, 3.8) is 0 Å². The molecule has 0 heterocycles. The van der Waals surface area contributed by atoms with Crippen LogP contribution in [0.15, 0.2) is 36.4 Å². The van der Waals surface area contributed by atoms with Gasteiger partial charge in [-0.15, -0.1) is 0 Å². The maximum Gasteiger partial charge on any atom is 0.270 e. The van der Waals surface area contributed by atoms with E-state index in [1.165, 1.54) is 37.4 Å². The second kappa shape index (κ2) is 15.0. The van der Waals surface area contributed by atoms with Crippen molar-refractivity contribution < 1.29 is 39.5 Å². The summed E-state index contributed by atoms with van der Waals surface area (Å²) in [6.45, 7) is 2.46. The Morgan fingerprint density at radius 3 is 2.15 bits per heavy atom. The summed E-state index contributed by atoms with van der Waals surface area (Å²) in [5, 5.41) is 9.13. The highest BCUT2D eigenvalue weighted by molar-refractivity contribution is 7.86. The summed E-state index contributed by atoms with van der Waals surface area (Å²) in [6, 6.07) is 8.85. The summed E-state index contributed by atoms with van der Waals surface area (Å²) in [5.74, 6) is -1.37. The molecule has 0 aliphatic rings. The van der Waals surface area contributed by atoms with Gasteiger partial charge in [-0.05, 0) is 42.7 Å². The second-order valence-electron chi connectivity index (χ2n) is 8.40. The molecule has 10 nitrogen and oxygen atoms in total. The van der Waals surface area contributed by atoms with Crippen LogP contribution in [0.4, 0.5) is 0 Å². The lowest BCUT2D eigenvalue weighted by Crippen LogP contribution is -2.23. The summed E-state index contributed by atoms with van der Waals surface area (Å²) in [4.78, 5) is 13.2. The second-order valence-corrected chi connectivity index (χ2v) is 12.7. The molecule has 1 atom stereocenters. The van der Waals surface area contributed by atoms with Crippen molar-refractivity contribution in [1.29, 1.82) is 5.41 Å². The van der Waals surface area contributed by atoms with Crippen molar-refractivity contribution in [2.45, 2.75) is 39.0 Å². The average molecular weight is 625 g/mol. The molecule has 2 rings (SSSR count). The molecule has 0 aromatic heterocycles. The Hall–Kier alpha value is -2.22. The fourth-order valence-electron chi connectivity index (χ4n) is 3.47. The van der Waals surface area contributed by atoms with Gasteiger partial charge >= 0.3 is 0 Å². The zero-order valence-electron chi connectivity index (χ0n) is 21.7. The minimum absolute atomic E-state index is 0.109. The monoisotopic (exact) mass is 623 g/mol. The number of methoxy groups -OCH3 is 1. The lowest BCUT2D eigenvalue weighted by atomic mass is 9.90. The molecule has 0 saturated heterocycles. The topological polar surface area (TPSA) is 146 Å². The Morgan fingerprint density at radius 1 is 0.923 bits per heavy atom. The Bertz CT molecular complexity index is 1380. The highest BCUT2D eigenvalue weighted by atomic mass is 35.5. The van der Waals surface area contributed by atoms with Gasteiger partial charge in [0.2, 0.25) is 6.79 Å². The molecular formula is C25H31Cl2NO9S2. The first-order valence-corrected chi connectivity index (χ1v) is 15.8. The molecule has 0 radical (unpaired) electrons. The van der Waals surface area contributed by atoms with Crippen LogP contribution in [0, 0.1) is 5.41 Å². The minimum Gasteiger partial charge on any atom is -0.496 e. The molecule has 2 aromatic rings. The number of halogens is 2. The number of ketones is 1. The Kier molecular flexibility index (Phi) is 12.7. The van der Waals surface area contributed by atoms with Gasteiger partial charge in [-0.1, -0.05) is 43.1 Å². The number of carbonyl (C=O) groups excluding carboxylic acids is 1. The van der Waals surface area contributed by atoms with Crippen LogP contribution in [-0.2, 0) is 28.6 Å². The number of Topliss-reactive ketones (excluding diaryl/α,β-unsaturated/α-hetero) is 1. The summed E-state index contributed by atoms with van der Waals surface area (Å²) >= 11 is 12.1. The van der Waals surface area contributed by atoms with E-state index in [0.29, 0.717) is 18.4 Å². The third-order valence-electron chi connectivity index (χ3n) is 5.37. The van der Waals surface area contributed by atoms with E-state index in [4.69, 9.17) is 46.5 Å². The van der Waals surface area contributed by atoms with Gasteiger partial charge in [-0.25, -0.2) is 4.18 Å². The van der Waals surface area contributed by atoms with Crippen LogP contribution in [0.3, 0.4) is 0 Å². The van der Waals surface area contributed by atoms with Gasteiger partial charge in [-0.3, -0.25) is 8.98 Å². The highest BCUT2D eigenvalue weighted by Crippen LogP contribution is 2.30. The van der Waals surface area contributed by atoms with Crippen LogP contribution in [0.1, 0.15) is 54.9 Å². The number of benzene rings is 2. The molecule has 1 N–H and O–H groups in total. The number of hydrogen-bond donors (Lipinski definition) is 1. The number of nitrogens with one attached hydrogen (secondary N) is 1. The maximum atomic E-state index is 13.2. The molecular weight excluding hydrogens is 593 g/mol. The van der Waals surface area contributed by atoms with E-state index in [0.717, 1.165) is 0 Å². The molecule has 0 amide bonds. The van der Waals surface area contributed by atoms with E-state index in [1.54, 1.807) is 19.9 Å². The standard InChI is InChI=1S/C25H31Cl2NO9S2/c1-4-10-38(30,31)36-15-20(17-6-9-21(26)22(27)12-17)23(28)14-24(29)19-8-7-18(13-25(19)34-3)35-16-37-39(32,33)11-5-2/h6-9,12-13,20,28H,4-5,10-11,14-16H2,1-3H3. The predicted molar refractivity (Wildman–Crippen MR) is 150 cm³/mol. The molecule has 39 heavy (non-hydrogen) atoms. The summed E-state index contributed by atoms with van der Waals surface area (Å²) in [6.07, 6.45) is 0.376. The molecule has 0 bridgehead atoms. The van der Waals surface area contributed by atoms with Gasteiger partial charge < -0.3 is 14.9 Å². The average Bonchev–Trinajstić information content (AvgIpc) is 2.85. The van der Waals surface area contributed by atoms with Gasteiger partial charge in [0.05, 0.1) is 40.8 Å². The quantitative estimate of drug-likeness (QED) is 0.108. The van der Waals surface area contributed by atoms with Crippen LogP contribution in [0.5, 0.6) is 11.5 Å². The molecule has 216 valence electrons. The van der Waals surface area contributed by atoms with E-state index in [-0.39, 0.29) is 50.7 Å². The number of rotatable bonds is 17. The van der Waals surface area contributed by atoms with Crippen molar-refractivity contribution in [3.8, 4) is 11.5 Å². The first-order chi connectivity index (χ1) is 18.3. The highest BCUT2D eigenvalue weighted by Gasteiger charge is 2.25. The van der Waals surface area contributed by atoms with E-state index in [9.17, 15) is 21.6 Å². The van der Waals surface area contributed by atoms with Crippen LogP contribution >= 0.6 is 23.2 Å². The van der Waals surface area contributed by atoms with E-state index >= 15 is 0 Å². The van der Waals surface area contributed by atoms with Crippen LogP contribution in [0.25, 0.3) is 0 Å². The number of hydrogen-bond acceptors (Lipinski definition) is 10. The fraction of sp³-hybridized carbons (Fsp3) is 0.440. The van der Waals surface area contributed by atoms with Gasteiger partial charge in [0.25, 0.3) is 20.2 Å². The number of ether oxygens (including phenoxy) is 2. The lowest BCUT2D eigenvalue weighted by Gasteiger charge is -2.19.